The van der Waals surface area contributed by atoms with Crippen molar-refractivity contribution in [2.75, 3.05) is 0 Å². The molecule has 2 N–H and O–H groups in total. The van der Waals surface area contributed by atoms with Gasteiger partial charge in [0.15, 0.2) is 17.3 Å². The molecule has 11 heteroatoms. The van der Waals surface area contributed by atoms with Crippen molar-refractivity contribution < 1.29 is 23.7 Å². The van der Waals surface area contributed by atoms with E-state index < -0.39 is 39.6 Å². The smallest absolute Gasteiger partial charge is 0.372 e. The molecule has 0 aliphatic carbocycles. The Morgan fingerprint density at radius 2 is 1.86 bits per heavy atom. The SMILES string of the molecule is [B]c1cc(-n2c(C)cc(OC(O)(O)c3ncc(F)cc3F)c(Cl)c2=O)c(C)cn1. The monoisotopic (exact) mass is 419 g/mol. The van der Waals surface area contributed by atoms with E-state index in [0.717, 1.165) is 0 Å². The summed E-state index contributed by atoms with van der Waals surface area (Å²) >= 11 is 6.07. The number of ether oxygens (including phenoxy) is 1. The maximum absolute atomic E-state index is 13.9. The maximum Gasteiger partial charge on any atom is 0.372 e. The number of hydrogen-bond acceptors (Lipinski definition) is 6. The van der Waals surface area contributed by atoms with Crippen LogP contribution in [0.3, 0.4) is 0 Å². The first-order chi connectivity index (χ1) is 13.5. The molecule has 2 radical (unpaired) electrons. The van der Waals surface area contributed by atoms with Crippen LogP contribution in [0, 0.1) is 25.5 Å². The molecule has 0 aromatic carbocycles. The molecule has 0 aliphatic rings. The molecule has 0 fully saturated rings. The van der Waals surface area contributed by atoms with Crippen molar-refractivity contribution in [3.8, 4) is 11.4 Å². The molecule has 0 spiro atoms. The Labute approximate surface area is 169 Å². The first-order valence-corrected chi connectivity index (χ1v) is 8.49. The number of aromatic nitrogens is 3. The van der Waals surface area contributed by atoms with Crippen LogP contribution < -0.4 is 15.9 Å². The van der Waals surface area contributed by atoms with Gasteiger partial charge in [-0.15, -0.1) is 0 Å². The fourth-order valence-corrected chi connectivity index (χ4v) is 2.86. The highest BCUT2D eigenvalue weighted by Crippen LogP contribution is 2.30. The number of rotatable bonds is 4. The van der Waals surface area contributed by atoms with Crippen LogP contribution in [-0.2, 0) is 5.97 Å². The first-order valence-electron chi connectivity index (χ1n) is 8.11. The van der Waals surface area contributed by atoms with Crippen molar-refractivity contribution in [1.82, 2.24) is 14.5 Å². The Bertz CT molecular complexity index is 1170. The number of halogens is 3. The van der Waals surface area contributed by atoms with Gasteiger partial charge in [-0.3, -0.25) is 14.3 Å². The number of aliphatic hydroxyl groups is 2. The fourth-order valence-electron chi connectivity index (χ4n) is 2.68. The molecule has 0 aliphatic heterocycles. The van der Waals surface area contributed by atoms with Crippen molar-refractivity contribution in [2.45, 2.75) is 19.8 Å². The van der Waals surface area contributed by atoms with E-state index in [1.54, 1.807) is 6.92 Å². The van der Waals surface area contributed by atoms with Gasteiger partial charge in [-0.1, -0.05) is 11.6 Å². The molecule has 0 unspecified atom stereocenters. The lowest BCUT2D eigenvalue weighted by molar-refractivity contribution is -0.308. The molecular weight excluding hydrogens is 406 g/mol. The van der Waals surface area contributed by atoms with Crippen LogP contribution in [0.5, 0.6) is 5.75 Å². The van der Waals surface area contributed by atoms with Gasteiger partial charge in [0, 0.05) is 24.0 Å². The van der Waals surface area contributed by atoms with E-state index in [1.807, 2.05) is 0 Å². The van der Waals surface area contributed by atoms with Crippen LogP contribution in [0.1, 0.15) is 17.0 Å². The highest BCUT2D eigenvalue weighted by atomic mass is 35.5. The molecule has 0 amide bonds. The second-order valence-corrected chi connectivity index (χ2v) is 6.57. The second kappa shape index (κ2) is 7.55. The molecule has 0 saturated heterocycles. The summed E-state index contributed by atoms with van der Waals surface area (Å²) < 4.78 is 33.1. The van der Waals surface area contributed by atoms with Gasteiger partial charge >= 0.3 is 5.97 Å². The summed E-state index contributed by atoms with van der Waals surface area (Å²) in [4.78, 5) is 20.0. The molecule has 3 aromatic heterocycles. The maximum atomic E-state index is 13.9. The van der Waals surface area contributed by atoms with Crippen LogP contribution in [0.25, 0.3) is 5.69 Å². The molecular formula is C18H13BClF2N3O4. The van der Waals surface area contributed by atoms with Gasteiger partial charge in [0.2, 0.25) is 0 Å². The summed E-state index contributed by atoms with van der Waals surface area (Å²) in [5, 5.41) is 19.7. The summed E-state index contributed by atoms with van der Waals surface area (Å²) in [5.41, 5.74) is -0.236. The summed E-state index contributed by atoms with van der Waals surface area (Å²) in [7, 11) is 5.69. The second-order valence-electron chi connectivity index (χ2n) is 6.19. The molecule has 3 aromatic rings. The van der Waals surface area contributed by atoms with Crippen molar-refractivity contribution in [2.24, 2.45) is 0 Å². The molecule has 7 nitrogen and oxygen atoms in total. The Morgan fingerprint density at radius 1 is 1.17 bits per heavy atom. The van der Waals surface area contributed by atoms with E-state index in [4.69, 9.17) is 24.2 Å². The van der Waals surface area contributed by atoms with E-state index in [0.29, 0.717) is 29.2 Å². The van der Waals surface area contributed by atoms with Gasteiger partial charge in [0.25, 0.3) is 5.56 Å². The van der Waals surface area contributed by atoms with Gasteiger partial charge < -0.3 is 14.9 Å². The normalized spacial score (nSPS) is 11.6. The molecule has 0 saturated carbocycles. The van der Waals surface area contributed by atoms with E-state index in [1.165, 1.54) is 29.8 Å². The summed E-state index contributed by atoms with van der Waals surface area (Å²) in [6.45, 7) is 3.25. The third-order valence-electron chi connectivity index (χ3n) is 4.01. The van der Waals surface area contributed by atoms with Crippen LogP contribution in [0.15, 0.2) is 35.4 Å². The van der Waals surface area contributed by atoms with Crippen molar-refractivity contribution in [3.05, 3.63) is 74.6 Å². The lowest BCUT2D eigenvalue weighted by Gasteiger charge is -2.24. The van der Waals surface area contributed by atoms with Crippen LogP contribution in [0.4, 0.5) is 8.78 Å². The largest absolute Gasteiger partial charge is 0.433 e. The Kier molecular flexibility index (Phi) is 5.44. The molecule has 29 heavy (non-hydrogen) atoms. The number of aryl methyl sites for hydroxylation is 2. The molecule has 3 rings (SSSR count). The minimum absolute atomic E-state index is 0.177. The van der Waals surface area contributed by atoms with Crippen molar-refractivity contribution in [1.29, 1.82) is 0 Å². The van der Waals surface area contributed by atoms with E-state index in [9.17, 15) is 23.8 Å². The lowest BCUT2D eigenvalue weighted by Crippen LogP contribution is -2.36. The Morgan fingerprint density at radius 3 is 2.52 bits per heavy atom. The third kappa shape index (κ3) is 4.00. The minimum atomic E-state index is -3.32. The minimum Gasteiger partial charge on any atom is -0.433 e. The van der Waals surface area contributed by atoms with Gasteiger partial charge in [-0.05, 0) is 31.1 Å². The average molecular weight is 420 g/mol. The number of pyridine rings is 3. The van der Waals surface area contributed by atoms with Gasteiger partial charge in [0.05, 0.1) is 11.9 Å². The average Bonchev–Trinajstić information content (AvgIpc) is 2.62. The highest BCUT2D eigenvalue weighted by molar-refractivity contribution is 6.32. The van der Waals surface area contributed by atoms with Crippen LogP contribution in [-0.4, -0.2) is 32.6 Å². The fraction of sp³-hybridized carbons (Fsp3) is 0.167. The zero-order valence-electron chi connectivity index (χ0n) is 15.2. The predicted octanol–water partition coefficient (Wildman–Crippen LogP) is 1.14. The zero-order valence-corrected chi connectivity index (χ0v) is 15.9. The van der Waals surface area contributed by atoms with Gasteiger partial charge in [-0.25, -0.2) is 13.8 Å². The zero-order chi connectivity index (χ0) is 21.5. The quantitative estimate of drug-likeness (QED) is 0.486. The van der Waals surface area contributed by atoms with E-state index >= 15 is 0 Å². The van der Waals surface area contributed by atoms with Crippen molar-refractivity contribution in [3.63, 3.8) is 0 Å². The predicted molar refractivity (Wildman–Crippen MR) is 101 cm³/mol. The first kappa shape index (κ1) is 20.9. The Balaban J connectivity index is 2.09. The van der Waals surface area contributed by atoms with E-state index in [-0.39, 0.29) is 5.59 Å². The standard InChI is InChI=1S/C18H13BClF2N3O4/c1-8-6-23-14(19)5-12(8)25-9(2)3-13(15(20)17(25)26)29-18(27,28)16-11(22)4-10(21)7-24-16/h3-7,27-28H,1-2H3. The van der Waals surface area contributed by atoms with Crippen LogP contribution in [0.2, 0.25) is 5.02 Å². The third-order valence-corrected chi connectivity index (χ3v) is 4.35. The molecule has 3 heterocycles. The molecule has 0 atom stereocenters. The van der Waals surface area contributed by atoms with Gasteiger partial charge in [0.1, 0.15) is 18.7 Å². The molecule has 148 valence electrons. The topological polar surface area (TPSA) is 97.5 Å². The van der Waals surface area contributed by atoms with Gasteiger partial charge in [-0.2, -0.15) is 0 Å². The van der Waals surface area contributed by atoms with E-state index in [2.05, 4.69) is 9.97 Å². The lowest BCUT2D eigenvalue weighted by atomic mass is 10.0. The highest BCUT2D eigenvalue weighted by Gasteiger charge is 2.36. The molecule has 0 bridgehead atoms. The Hall–Kier alpha value is -2.82. The van der Waals surface area contributed by atoms with Crippen LogP contribution >= 0.6 is 11.6 Å². The summed E-state index contributed by atoms with van der Waals surface area (Å²) in [5.74, 6) is -6.14. The summed E-state index contributed by atoms with van der Waals surface area (Å²) in [6, 6.07) is 3.11. The number of hydrogen-bond donors (Lipinski definition) is 2. The van der Waals surface area contributed by atoms with Crippen molar-refractivity contribution >= 4 is 25.0 Å². The number of nitrogens with zero attached hydrogens (tertiary/aromatic N) is 3. The summed E-state index contributed by atoms with van der Waals surface area (Å²) in [6.07, 6.45) is 2.05.